The zero-order chi connectivity index (χ0) is 48.9. The van der Waals surface area contributed by atoms with Gasteiger partial charge in [-0.25, -0.2) is 14.4 Å². The number of rotatable bonds is 16. The molecule has 3 aliphatic heterocycles. The highest BCUT2D eigenvalue weighted by Gasteiger charge is 2.55. The van der Waals surface area contributed by atoms with Gasteiger partial charge in [0.15, 0.2) is 18.9 Å². The van der Waals surface area contributed by atoms with Gasteiger partial charge in [0.2, 0.25) is 0 Å². The number of hydrogen-bond acceptors (Lipinski definition) is 19. The molecular formula is C42H47N3O22. The molecule has 3 fully saturated rings. The van der Waals surface area contributed by atoms with Crippen LogP contribution in [0.1, 0.15) is 62.1 Å². The van der Waals surface area contributed by atoms with Crippen molar-refractivity contribution in [3.8, 4) is 0 Å². The lowest BCUT2D eigenvalue weighted by molar-refractivity contribution is -0.351. The van der Waals surface area contributed by atoms with Gasteiger partial charge in [0.25, 0.3) is 17.7 Å². The lowest BCUT2D eigenvalue weighted by atomic mass is 9.93. The summed E-state index contributed by atoms with van der Waals surface area (Å²) in [6.07, 6.45) is -23.3. The number of carboxylic acids is 3. The van der Waals surface area contributed by atoms with Crippen molar-refractivity contribution in [2.75, 3.05) is 19.8 Å². The minimum atomic E-state index is -2.19. The summed E-state index contributed by atoms with van der Waals surface area (Å²) in [7, 11) is 0. The van der Waals surface area contributed by atoms with Crippen LogP contribution in [0.2, 0.25) is 0 Å². The van der Waals surface area contributed by atoms with Crippen molar-refractivity contribution >= 4 is 35.6 Å². The Morgan fingerprint density at radius 2 is 0.746 bits per heavy atom. The highest BCUT2D eigenvalue weighted by atomic mass is 16.7. The third-order valence-corrected chi connectivity index (χ3v) is 11.3. The van der Waals surface area contributed by atoms with Crippen LogP contribution in [-0.2, 0) is 23.7 Å². The second kappa shape index (κ2) is 21.7. The summed E-state index contributed by atoms with van der Waals surface area (Å²) >= 11 is 0. The maximum Gasteiger partial charge on any atom is 0.336 e. The number of benzene rings is 3. The average molecular weight is 946 g/mol. The standard InChI is InChI=1S/C42H47N3O22/c46-13-22-28(49)29(50)26(44-35(54)17-8-2-5-11-20(17)38(58)59)41(64-22)67-33-24(15-48)65-42(27(31(33)52)45-36(55)18-9-3-6-12-21(18)39(60)61)66-32-23(14-47)63-40(62)25(30(32)51)43-34(53)16-7-1-4-10-19(16)37(56)57/h1-12,22-33,40-42,46-52,62H,13-15H2,(H,43,53)(H,44,54)(H,45,55)(H,56,57)(H,58,59)(H,60,61)/t22-,23-,24-,25-,26-,27-,28-,29-,30-,31-,32-,33-,40-,41+,42+/m1/s1. The van der Waals surface area contributed by atoms with Crippen molar-refractivity contribution < 1.29 is 109 Å². The van der Waals surface area contributed by atoms with Gasteiger partial charge in [0.05, 0.1) is 53.2 Å². The van der Waals surface area contributed by atoms with Gasteiger partial charge in [-0.2, -0.15) is 0 Å². The monoisotopic (exact) mass is 945 g/mol. The van der Waals surface area contributed by atoms with E-state index in [4.69, 9.17) is 23.7 Å². The zero-order valence-electron chi connectivity index (χ0n) is 34.6. The van der Waals surface area contributed by atoms with Crippen molar-refractivity contribution in [3.63, 3.8) is 0 Å². The smallest absolute Gasteiger partial charge is 0.336 e. The first-order chi connectivity index (χ1) is 31.9. The lowest BCUT2D eigenvalue weighted by Crippen LogP contribution is -2.71. The Bertz CT molecular complexity index is 2300. The number of amides is 3. The summed E-state index contributed by atoms with van der Waals surface area (Å²) in [5.41, 5.74) is -2.70. The van der Waals surface area contributed by atoms with E-state index in [2.05, 4.69) is 16.0 Å². The summed E-state index contributed by atoms with van der Waals surface area (Å²) in [6.45, 7) is -3.04. The van der Waals surface area contributed by atoms with Crippen LogP contribution in [0, 0.1) is 0 Å². The first-order valence-corrected chi connectivity index (χ1v) is 20.3. The van der Waals surface area contributed by atoms with Gasteiger partial charge >= 0.3 is 17.9 Å². The molecule has 0 unspecified atom stereocenters. The molecule has 0 radical (unpaired) electrons. The van der Waals surface area contributed by atoms with Gasteiger partial charge in [-0.15, -0.1) is 0 Å². The zero-order valence-corrected chi connectivity index (χ0v) is 34.6. The number of carbonyl (C=O) groups excluding carboxylic acids is 3. The molecule has 362 valence electrons. The highest BCUT2D eigenvalue weighted by molar-refractivity contribution is 6.06. The second-order valence-corrected chi connectivity index (χ2v) is 15.4. The van der Waals surface area contributed by atoms with E-state index in [0.29, 0.717) is 0 Å². The maximum absolute atomic E-state index is 13.9. The number of aliphatic hydroxyl groups excluding tert-OH is 8. The highest BCUT2D eigenvalue weighted by Crippen LogP contribution is 2.33. The molecule has 67 heavy (non-hydrogen) atoms. The predicted molar refractivity (Wildman–Crippen MR) is 217 cm³/mol. The van der Waals surface area contributed by atoms with Crippen molar-refractivity contribution in [2.45, 2.75) is 91.9 Å². The van der Waals surface area contributed by atoms with E-state index < -0.39 is 181 Å². The molecule has 0 bridgehead atoms. The molecule has 25 heteroatoms. The maximum atomic E-state index is 13.9. The summed E-state index contributed by atoms with van der Waals surface area (Å²) in [5, 5.41) is 124. The Hall–Kier alpha value is -6.04. The van der Waals surface area contributed by atoms with Gasteiger partial charge in [-0.1, -0.05) is 36.4 Å². The molecule has 6 rings (SSSR count). The summed E-state index contributed by atoms with van der Waals surface area (Å²) < 4.78 is 29.2. The van der Waals surface area contributed by atoms with Gasteiger partial charge in [-0.05, 0) is 36.4 Å². The fraction of sp³-hybridized carbons (Fsp3) is 0.429. The summed E-state index contributed by atoms with van der Waals surface area (Å²) in [5.74, 6) is -7.95. The van der Waals surface area contributed by atoms with Gasteiger partial charge in [-0.3, -0.25) is 14.4 Å². The van der Waals surface area contributed by atoms with Crippen LogP contribution in [0.4, 0.5) is 0 Å². The third kappa shape index (κ3) is 10.7. The number of aromatic carboxylic acids is 3. The van der Waals surface area contributed by atoms with E-state index in [0.717, 1.165) is 36.4 Å². The van der Waals surface area contributed by atoms with Crippen LogP contribution < -0.4 is 16.0 Å². The summed E-state index contributed by atoms with van der Waals surface area (Å²) in [4.78, 5) is 76.6. The topological polar surface area (TPSA) is 407 Å². The van der Waals surface area contributed by atoms with Crippen LogP contribution in [0.15, 0.2) is 72.8 Å². The van der Waals surface area contributed by atoms with Crippen molar-refractivity contribution in [1.29, 1.82) is 0 Å². The SMILES string of the molecule is O=C(O)c1ccccc1C(=O)N[C@@H]1[C@@H](O)[C@H](O[C@@H]2O[C@H](CO)[C@@H](O[C@@H]3O[C@H](CO)[C@@H](O)[C@H](O)[C@H]3NC(=O)c3ccccc3C(=O)O)[C@H](O)[C@H]2NC(=O)c2ccccc2C(=O)O)[C@@H](CO)O[C@H]1O. The number of carbonyl (C=O) groups is 6. The van der Waals surface area contributed by atoms with Crippen molar-refractivity contribution in [3.05, 3.63) is 106 Å². The van der Waals surface area contributed by atoms with Crippen LogP contribution in [0.5, 0.6) is 0 Å². The summed E-state index contributed by atoms with van der Waals surface area (Å²) in [6, 6.07) is 9.04. The Morgan fingerprint density at radius 3 is 1.12 bits per heavy atom. The molecular weight excluding hydrogens is 898 g/mol. The van der Waals surface area contributed by atoms with E-state index >= 15 is 0 Å². The number of aliphatic hydroxyl groups is 8. The quantitative estimate of drug-likeness (QED) is 0.0648. The molecule has 0 aromatic heterocycles. The van der Waals surface area contributed by atoms with Gasteiger partial charge in [0.1, 0.15) is 73.1 Å². The molecule has 3 aliphatic rings. The van der Waals surface area contributed by atoms with Crippen LogP contribution in [0.3, 0.4) is 0 Å². The number of hydrogen-bond donors (Lipinski definition) is 14. The fourth-order valence-corrected chi connectivity index (χ4v) is 7.86. The molecule has 14 N–H and O–H groups in total. The largest absolute Gasteiger partial charge is 0.478 e. The third-order valence-electron chi connectivity index (χ3n) is 11.3. The molecule has 15 atom stereocenters. The first kappa shape index (κ1) is 50.4. The average Bonchev–Trinajstić information content (AvgIpc) is 3.32. The van der Waals surface area contributed by atoms with E-state index in [1.165, 1.54) is 36.4 Å². The Balaban J connectivity index is 1.34. The number of carboxylic acid groups (broad SMARTS) is 3. The van der Waals surface area contributed by atoms with Gasteiger partial charge < -0.3 is 95.8 Å². The Labute approximate surface area is 377 Å². The molecule has 3 amide bonds. The molecule has 0 saturated carbocycles. The second-order valence-electron chi connectivity index (χ2n) is 15.4. The van der Waals surface area contributed by atoms with Crippen molar-refractivity contribution in [1.82, 2.24) is 16.0 Å². The molecule has 3 heterocycles. The lowest BCUT2D eigenvalue weighted by Gasteiger charge is -2.50. The minimum absolute atomic E-state index is 0.391. The molecule has 25 nitrogen and oxygen atoms in total. The van der Waals surface area contributed by atoms with Crippen LogP contribution in [0.25, 0.3) is 0 Å². The fourth-order valence-electron chi connectivity index (χ4n) is 7.86. The molecule has 3 aromatic carbocycles. The Morgan fingerprint density at radius 1 is 0.433 bits per heavy atom. The first-order valence-electron chi connectivity index (χ1n) is 20.3. The number of ether oxygens (including phenoxy) is 5. The van der Waals surface area contributed by atoms with E-state index in [9.17, 15) is 84.9 Å². The van der Waals surface area contributed by atoms with Crippen molar-refractivity contribution in [2.24, 2.45) is 0 Å². The Kier molecular flexibility index (Phi) is 16.3. The predicted octanol–water partition coefficient (Wildman–Crippen LogP) is -4.17. The molecule has 3 saturated heterocycles. The van der Waals surface area contributed by atoms with Gasteiger partial charge in [0, 0.05) is 0 Å². The molecule has 0 spiro atoms. The molecule has 0 aliphatic carbocycles. The normalized spacial score (nSPS) is 31.8. The van der Waals surface area contributed by atoms with E-state index in [1.54, 1.807) is 0 Å². The van der Waals surface area contributed by atoms with Crippen LogP contribution >= 0.6 is 0 Å². The van der Waals surface area contributed by atoms with E-state index in [1.807, 2.05) is 0 Å². The van der Waals surface area contributed by atoms with E-state index in [-0.39, 0.29) is 0 Å². The van der Waals surface area contributed by atoms with Crippen LogP contribution in [-0.4, -0.2) is 204 Å². The minimum Gasteiger partial charge on any atom is -0.478 e. The number of nitrogens with one attached hydrogen (secondary N) is 3. The molecule has 3 aromatic rings.